The number of ketones is 1. The lowest BCUT2D eigenvalue weighted by Crippen LogP contribution is -2.29. The van der Waals surface area contributed by atoms with Gasteiger partial charge in [0.1, 0.15) is 5.78 Å². The zero-order valence-corrected chi connectivity index (χ0v) is 7.35. The molecule has 1 heteroatoms. The van der Waals surface area contributed by atoms with E-state index in [1.165, 1.54) is 5.57 Å². The molecule has 2 aliphatic rings. The number of hydrogen-bond donors (Lipinski definition) is 0. The van der Waals surface area contributed by atoms with Crippen LogP contribution < -0.4 is 0 Å². The van der Waals surface area contributed by atoms with Crippen LogP contribution in [0.1, 0.15) is 27.2 Å². The van der Waals surface area contributed by atoms with Crippen LogP contribution in [0.25, 0.3) is 0 Å². The maximum atomic E-state index is 11.7. The second-order valence-corrected chi connectivity index (χ2v) is 4.39. The molecule has 0 spiro atoms. The number of allylic oxidation sites excluding steroid dienone is 2. The van der Waals surface area contributed by atoms with Crippen molar-refractivity contribution < 1.29 is 4.79 Å². The third kappa shape index (κ3) is 0.688. The van der Waals surface area contributed by atoms with Crippen LogP contribution in [0.15, 0.2) is 11.6 Å². The van der Waals surface area contributed by atoms with Gasteiger partial charge in [0, 0.05) is 11.3 Å². The first-order valence-corrected chi connectivity index (χ1v) is 4.26. The van der Waals surface area contributed by atoms with E-state index < -0.39 is 0 Å². The molecule has 0 aliphatic heterocycles. The largest absolute Gasteiger partial charge is 0.298 e. The number of hydrogen-bond acceptors (Lipinski definition) is 1. The maximum Gasteiger partial charge on any atom is 0.146 e. The van der Waals surface area contributed by atoms with Gasteiger partial charge in [0.2, 0.25) is 0 Å². The Balaban J connectivity index is 2.45. The molecule has 11 heavy (non-hydrogen) atoms. The molecule has 2 aliphatic carbocycles. The summed E-state index contributed by atoms with van der Waals surface area (Å²) in [5.74, 6) is 1.26. The lowest BCUT2D eigenvalue weighted by atomic mass is 9.77. The van der Waals surface area contributed by atoms with Crippen LogP contribution >= 0.6 is 0 Å². The molecule has 2 bridgehead atoms. The summed E-state index contributed by atoms with van der Waals surface area (Å²) < 4.78 is 0. The molecule has 1 fully saturated rings. The van der Waals surface area contributed by atoms with E-state index in [9.17, 15) is 4.79 Å². The van der Waals surface area contributed by atoms with Gasteiger partial charge < -0.3 is 0 Å². The Morgan fingerprint density at radius 1 is 1.55 bits per heavy atom. The number of carbonyl (C=O) groups is 1. The average Bonchev–Trinajstić information content (AvgIpc) is 2.36. The smallest absolute Gasteiger partial charge is 0.146 e. The van der Waals surface area contributed by atoms with E-state index in [1.807, 2.05) is 0 Å². The van der Waals surface area contributed by atoms with Crippen molar-refractivity contribution >= 4 is 5.78 Å². The fourth-order valence-electron chi connectivity index (χ4n) is 2.39. The van der Waals surface area contributed by atoms with Crippen LogP contribution in [-0.4, -0.2) is 5.78 Å². The normalized spacial score (nSPS) is 39.5. The monoisotopic (exact) mass is 150 g/mol. The molecule has 0 heterocycles. The summed E-state index contributed by atoms with van der Waals surface area (Å²) in [6.45, 7) is 6.23. The molecule has 1 saturated carbocycles. The summed E-state index contributed by atoms with van der Waals surface area (Å²) in [5.41, 5.74) is 1.24. The van der Waals surface area contributed by atoms with Gasteiger partial charge in [0.25, 0.3) is 0 Å². The molecule has 0 N–H and O–H groups in total. The summed E-state index contributed by atoms with van der Waals surface area (Å²) in [7, 11) is 0. The number of carbonyl (C=O) groups excluding carboxylic acids is 1. The molecule has 1 nitrogen and oxygen atoms in total. The highest BCUT2D eigenvalue weighted by Gasteiger charge is 2.51. The molecule has 0 aromatic carbocycles. The topological polar surface area (TPSA) is 17.1 Å². The minimum Gasteiger partial charge on any atom is -0.298 e. The summed E-state index contributed by atoms with van der Waals surface area (Å²) in [4.78, 5) is 11.7. The van der Waals surface area contributed by atoms with E-state index in [4.69, 9.17) is 0 Å². The van der Waals surface area contributed by atoms with Gasteiger partial charge in [-0.2, -0.15) is 0 Å². The summed E-state index contributed by atoms with van der Waals surface area (Å²) in [6, 6.07) is 0. The molecule has 60 valence electrons. The fourth-order valence-corrected chi connectivity index (χ4v) is 2.39. The van der Waals surface area contributed by atoms with Crippen molar-refractivity contribution in [1.82, 2.24) is 0 Å². The van der Waals surface area contributed by atoms with E-state index in [0.29, 0.717) is 11.7 Å². The van der Waals surface area contributed by atoms with Crippen LogP contribution in [0.4, 0.5) is 0 Å². The Bertz CT molecular complexity index is 248. The molecule has 0 amide bonds. The highest BCUT2D eigenvalue weighted by molar-refractivity contribution is 5.93. The summed E-state index contributed by atoms with van der Waals surface area (Å²) in [5, 5.41) is 0. The van der Waals surface area contributed by atoms with Gasteiger partial charge in [-0.05, 0) is 19.3 Å². The Hall–Kier alpha value is -0.590. The zero-order valence-electron chi connectivity index (χ0n) is 7.35. The molecule has 0 aromatic rings. The predicted octanol–water partition coefficient (Wildman–Crippen LogP) is 2.18. The quantitative estimate of drug-likeness (QED) is 0.484. The third-order valence-corrected chi connectivity index (χ3v) is 3.38. The first-order chi connectivity index (χ1) is 5.03. The average molecular weight is 150 g/mol. The van der Waals surface area contributed by atoms with Crippen LogP contribution in [0.3, 0.4) is 0 Å². The van der Waals surface area contributed by atoms with E-state index in [1.54, 1.807) is 0 Å². The number of rotatable bonds is 0. The molecule has 2 rings (SSSR count). The molecule has 2 atom stereocenters. The van der Waals surface area contributed by atoms with Gasteiger partial charge in [-0.15, -0.1) is 0 Å². The second-order valence-electron chi connectivity index (χ2n) is 4.39. The highest BCUT2D eigenvalue weighted by atomic mass is 16.1. The summed E-state index contributed by atoms with van der Waals surface area (Å²) in [6.07, 6.45) is 3.36. The van der Waals surface area contributed by atoms with E-state index in [2.05, 4.69) is 26.8 Å². The van der Waals surface area contributed by atoms with Crippen LogP contribution in [0.5, 0.6) is 0 Å². The molecular weight excluding hydrogens is 136 g/mol. The van der Waals surface area contributed by atoms with Crippen LogP contribution in [-0.2, 0) is 4.79 Å². The minimum absolute atomic E-state index is 0.0653. The lowest BCUT2D eigenvalue weighted by molar-refractivity contribution is -0.127. The number of Topliss-reactive ketones (excluding diaryl/α,β-unsaturated/α-hetero) is 1. The Labute approximate surface area is 67.5 Å². The van der Waals surface area contributed by atoms with Gasteiger partial charge in [-0.3, -0.25) is 4.79 Å². The molecule has 0 unspecified atom stereocenters. The van der Waals surface area contributed by atoms with Gasteiger partial charge >= 0.3 is 0 Å². The zero-order chi connectivity index (χ0) is 8.22. The lowest BCUT2D eigenvalue weighted by Gasteiger charge is -2.25. The van der Waals surface area contributed by atoms with Crippen LogP contribution in [0.2, 0.25) is 0 Å². The van der Waals surface area contributed by atoms with Crippen molar-refractivity contribution in [2.45, 2.75) is 27.2 Å². The molecule has 0 radical (unpaired) electrons. The van der Waals surface area contributed by atoms with Crippen molar-refractivity contribution in [1.29, 1.82) is 0 Å². The minimum atomic E-state index is -0.0653. The van der Waals surface area contributed by atoms with Gasteiger partial charge in [-0.1, -0.05) is 25.5 Å². The van der Waals surface area contributed by atoms with Crippen LogP contribution in [0, 0.1) is 17.3 Å². The molecule has 0 aromatic heterocycles. The Morgan fingerprint density at radius 2 is 2.18 bits per heavy atom. The third-order valence-electron chi connectivity index (χ3n) is 3.38. The van der Waals surface area contributed by atoms with Crippen molar-refractivity contribution in [2.75, 3.05) is 0 Å². The van der Waals surface area contributed by atoms with E-state index in [0.717, 1.165) is 6.42 Å². The van der Waals surface area contributed by atoms with Crippen molar-refractivity contribution in [2.24, 2.45) is 17.3 Å². The predicted molar refractivity (Wildman–Crippen MR) is 44.1 cm³/mol. The fraction of sp³-hybridized carbons (Fsp3) is 0.700. The maximum absolute atomic E-state index is 11.7. The van der Waals surface area contributed by atoms with E-state index >= 15 is 0 Å². The van der Waals surface area contributed by atoms with Gasteiger partial charge in [0.05, 0.1) is 0 Å². The Morgan fingerprint density at radius 3 is 2.55 bits per heavy atom. The van der Waals surface area contributed by atoms with Crippen molar-refractivity contribution in [3.8, 4) is 0 Å². The molecule has 0 saturated heterocycles. The Kier molecular flexibility index (Phi) is 1.14. The second kappa shape index (κ2) is 1.77. The number of fused-ring (bicyclic) bond motifs is 2. The van der Waals surface area contributed by atoms with E-state index in [-0.39, 0.29) is 11.3 Å². The van der Waals surface area contributed by atoms with Gasteiger partial charge in [0.15, 0.2) is 0 Å². The van der Waals surface area contributed by atoms with Crippen molar-refractivity contribution in [3.05, 3.63) is 11.6 Å². The standard InChI is InChI=1S/C10H14O/c1-6-4-7-5-8(6)9(11)10(7,2)3/h4,7-8H,5H2,1-3H3/t7-,8+/m0/s1. The SMILES string of the molecule is CC1=C[C@H]2C[C@H]1C(=O)C2(C)C. The van der Waals surface area contributed by atoms with Crippen molar-refractivity contribution in [3.63, 3.8) is 0 Å². The summed E-state index contributed by atoms with van der Waals surface area (Å²) >= 11 is 0. The first kappa shape index (κ1) is 7.08. The highest BCUT2D eigenvalue weighted by Crippen LogP contribution is 2.51. The van der Waals surface area contributed by atoms with Gasteiger partial charge in [-0.25, -0.2) is 0 Å². The molecular formula is C10H14O. The first-order valence-electron chi connectivity index (χ1n) is 4.26.